The summed E-state index contributed by atoms with van der Waals surface area (Å²) >= 11 is 5.77. The smallest absolute Gasteiger partial charge is 0.274 e. The Kier molecular flexibility index (Phi) is 3.80. The Morgan fingerprint density at radius 2 is 1.81 bits per heavy atom. The Bertz CT molecular complexity index is 700. The van der Waals surface area contributed by atoms with Gasteiger partial charge in [0, 0.05) is 11.6 Å². The first kappa shape index (κ1) is 13.9. The van der Waals surface area contributed by atoms with Crippen LogP contribution < -0.4 is 4.74 Å². The quantitative estimate of drug-likeness (QED) is 0.470. The van der Waals surface area contributed by atoms with Gasteiger partial charge < -0.3 is 4.74 Å². The molecule has 0 amide bonds. The van der Waals surface area contributed by atoms with E-state index >= 15 is 0 Å². The summed E-state index contributed by atoms with van der Waals surface area (Å²) in [4.78, 5) is 10.5. The SMILES string of the molecule is O=[N+]([O-])c1ccc(Oc2ccc3c(c2)CCC3)cc1CCl. The summed E-state index contributed by atoms with van der Waals surface area (Å²) in [5.74, 6) is 1.40. The van der Waals surface area contributed by atoms with E-state index in [-0.39, 0.29) is 11.6 Å². The van der Waals surface area contributed by atoms with Gasteiger partial charge in [-0.25, -0.2) is 0 Å². The van der Waals surface area contributed by atoms with Crippen molar-refractivity contribution in [2.24, 2.45) is 0 Å². The molecule has 1 aliphatic carbocycles. The molecule has 0 fully saturated rings. The fraction of sp³-hybridized carbons (Fsp3) is 0.250. The van der Waals surface area contributed by atoms with E-state index in [9.17, 15) is 10.1 Å². The van der Waals surface area contributed by atoms with Crippen LogP contribution in [-0.4, -0.2) is 4.92 Å². The zero-order valence-electron chi connectivity index (χ0n) is 11.3. The van der Waals surface area contributed by atoms with Crippen molar-refractivity contribution in [1.29, 1.82) is 0 Å². The molecule has 2 aromatic rings. The number of aryl methyl sites for hydroxylation is 2. The summed E-state index contributed by atoms with van der Waals surface area (Å²) < 4.78 is 5.80. The number of fused-ring (bicyclic) bond motifs is 1. The molecule has 0 aromatic heterocycles. The number of halogens is 1. The first-order valence-corrected chi connectivity index (χ1v) is 7.34. The summed E-state index contributed by atoms with van der Waals surface area (Å²) in [6, 6.07) is 10.7. The topological polar surface area (TPSA) is 52.4 Å². The number of nitro groups is 1. The average Bonchev–Trinajstić information content (AvgIpc) is 2.94. The van der Waals surface area contributed by atoms with E-state index in [0.29, 0.717) is 11.3 Å². The molecule has 0 radical (unpaired) electrons. The maximum absolute atomic E-state index is 10.9. The van der Waals surface area contributed by atoms with Crippen LogP contribution >= 0.6 is 11.6 Å². The second kappa shape index (κ2) is 5.74. The molecule has 0 unspecified atom stereocenters. The molecular weight excluding hydrogens is 290 g/mol. The molecule has 3 rings (SSSR count). The maximum Gasteiger partial charge on any atom is 0.274 e. The number of nitro benzene ring substituents is 1. The van der Waals surface area contributed by atoms with E-state index < -0.39 is 4.92 Å². The van der Waals surface area contributed by atoms with Gasteiger partial charge in [-0.1, -0.05) is 6.07 Å². The minimum atomic E-state index is -0.434. The molecule has 0 bridgehead atoms. The van der Waals surface area contributed by atoms with Crippen LogP contribution in [0, 0.1) is 10.1 Å². The number of hydrogen-bond donors (Lipinski definition) is 0. The minimum absolute atomic E-state index is 0.0197. The highest BCUT2D eigenvalue weighted by atomic mass is 35.5. The zero-order chi connectivity index (χ0) is 14.8. The van der Waals surface area contributed by atoms with Crippen LogP contribution in [0.15, 0.2) is 36.4 Å². The second-order valence-electron chi connectivity index (χ2n) is 5.07. The highest BCUT2D eigenvalue weighted by molar-refractivity contribution is 6.17. The number of hydrogen-bond acceptors (Lipinski definition) is 3. The summed E-state index contributed by atoms with van der Waals surface area (Å²) in [6.07, 6.45) is 3.40. The molecule has 0 N–H and O–H groups in total. The summed E-state index contributed by atoms with van der Waals surface area (Å²) in [5, 5.41) is 10.9. The summed E-state index contributed by atoms with van der Waals surface area (Å²) in [7, 11) is 0. The fourth-order valence-electron chi connectivity index (χ4n) is 2.66. The highest BCUT2D eigenvalue weighted by Gasteiger charge is 2.15. The second-order valence-corrected chi connectivity index (χ2v) is 5.33. The Morgan fingerprint density at radius 3 is 2.57 bits per heavy atom. The van der Waals surface area contributed by atoms with Gasteiger partial charge in [0.2, 0.25) is 0 Å². The van der Waals surface area contributed by atoms with Gasteiger partial charge in [-0.3, -0.25) is 10.1 Å². The standard InChI is InChI=1S/C16H14ClNO3/c17-10-13-9-15(6-7-16(13)18(19)20)21-14-5-4-11-2-1-3-12(11)8-14/h4-9H,1-3,10H2. The van der Waals surface area contributed by atoms with Gasteiger partial charge in [-0.15, -0.1) is 11.6 Å². The third kappa shape index (κ3) is 2.85. The zero-order valence-corrected chi connectivity index (χ0v) is 12.1. The molecule has 1 aliphatic rings. The Balaban J connectivity index is 1.86. The number of benzene rings is 2. The van der Waals surface area contributed by atoms with Gasteiger partial charge in [0.05, 0.1) is 10.8 Å². The van der Waals surface area contributed by atoms with Gasteiger partial charge in [-0.2, -0.15) is 0 Å². The van der Waals surface area contributed by atoms with Crippen LogP contribution in [0.1, 0.15) is 23.1 Å². The van der Waals surface area contributed by atoms with Crippen molar-refractivity contribution in [3.63, 3.8) is 0 Å². The van der Waals surface area contributed by atoms with Crippen LogP contribution in [0.25, 0.3) is 0 Å². The van der Waals surface area contributed by atoms with E-state index in [1.54, 1.807) is 12.1 Å². The van der Waals surface area contributed by atoms with Gasteiger partial charge in [-0.05, 0) is 54.7 Å². The molecule has 0 saturated carbocycles. The van der Waals surface area contributed by atoms with Gasteiger partial charge in [0.25, 0.3) is 5.69 Å². The molecule has 0 atom stereocenters. The minimum Gasteiger partial charge on any atom is -0.457 e. The number of alkyl halides is 1. The van der Waals surface area contributed by atoms with Crippen LogP contribution in [0.3, 0.4) is 0 Å². The molecule has 21 heavy (non-hydrogen) atoms. The predicted octanol–water partition coefficient (Wildman–Crippen LogP) is 4.61. The van der Waals surface area contributed by atoms with Crippen LogP contribution in [0.4, 0.5) is 5.69 Å². The van der Waals surface area contributed by atoms with E-state index in [1.807, 2.05) is 12.1 Å². The van der Waals surface area contributed by atoms with E-state index in [4.69, 9.17) is 16.3 Å². The number of rotatable bonds is 4. The predicted molar refractivity (Wildman–Crippen MR) is 81.2 cm³/mol. The molecule has 0 aliphatic heterocycles. The van der Waals surface area contributed by atoms with Crippen LogP contribution in [0.5, 0.6) is 11.5 Å². The lowest BCUT2D eigenvalue weighted by atomic mass is 10.1. The van der Waals surface area contributed by atoms with Crippen molar-refractivity contribution in [2.45, 2.75) is 25.1 Å². The third-order valence-corrected chi connectivity index (χ3v) is 3.99. The largest absolute Gasteiger partial charge is 0.457 e. The monoisotopic (exact) mass is 303 g/mol. The van der Waals surface area contributed by atoms with Crippen molar-refractivity contribution in [3.05, 3.63) is 63.2 Å². The molecule has 0 spiro atoms. The van der Waals surface area contributed by atoms with Gasteiger partial charge >= 0.3 is 0 Å². The molecule has 0 heterocycles. The Labute approximate surface area is 127 Å². The van der Waals surface area contributed by atoms with Crippen LogP contribution in [0.2, 0.25) is 0 Å². The first-order valence-electron chi connectivity index (χ1n) is 6.80. The van der Waals surface area contributed by atoms with Crippen LogP contribution in [-0.2, 0) is 18.7 Å². The lowest BCUT2D eigenvalue weighted by molar-refractivity contribution is -0.385. The first-order chi connectivity index (χ1) is 10.2. The van der Waals surface area contributed by atoms with E-state index in [0.717, 1.165) is 18.6 Å². The fourth-order valence-corrected chi connectivity index (χ4v) is 2.87. The van der Waals surface area contributed by atoms with Crippen molar-refractivity contribution in [1.82, 2.24) is 0 Å². The third-order valence-electron chi connectivity index (χ3n) is 3.70. The van der Waals surface area contributed by atoms with Crippen molar-refractivity contribution >= 4 is 17.3 Å². The van der Waals surface area contributed by atoms with Gasteiger partial charge in [0.15, 0.2) is 0 Å². The average molecular weight is 304 g/mol. The summed E-state index contributed by atoms with van der Waals surface area (Å²) in [5.41, 5.74) is 3.19. The van der Waals surface area contributed by atoms with E-state index in [2.05, 4.69) is 6.07 Å². The van der Waals surface area contributed by atoms with E-state index in [1.165, 1.54) is 23.6 Å². The Morgan fingerprint density at radius 1 is 1.10 bits per heavy atom. The molecule has 2 aromatic carbocycles. The van der Waals surface area contributed by atoms with Crippen molar-refractivity contribution in [2.75, 3.05) is 0 Å². The molecular formula is C16H14ClNO3. The molecule has 4 nitrogen and oxygen atoms in total. The molecule has 108 valence electrons. The molecule has 0 saturated heterocycles. The van der Waals surface area contributed by atoms with Gasteiger partial charge in [0.1, 0.15) is 11.5 Å². The lowest BCUT2D eigenvalue weighted by Crippen LogP contribution is -1.95. The highest BCUT2D eigenvalue weighted by Crippen LogP contribution is 2.31. The maximum atomic E-state index is 10.9. The number of nitrogens with zero attached hydrogens (tertiary/aromatic N) is 1. The normalized spacial score (nSPS) is 13.0. The lowest BCUT2D eigenvalue weighted by Gasteiger charge is -2.09. The molecule has 5 heteroatoms. The van der Waals surface area contributed by atoms with Crippen molar-refractivity contribution < 1.29 is 9.66 Å². The number of ether oxygens (including phenoxy) is 1. The Hall–Kier alpha value is -2.07. The summed E-state index contributed by atoms with van der Waals surface area (Å²) in [6.45, 7) is 0. The van der Waals surface area contributed by atoms with Crippen molar-refractivity contribution in [3.8, 4) is 11.5 Å².